The molecule has 1 aromatic rings. The number of rotatable bonds is 7. The molecule has 1 aromatic heterocycles. The van der Waals surface area contributed by atoms with Crippen molar-refractivity contribution in [1.82, 2.24) is 10.3 Å². The van der Waals surface area contributed by atoms with Crippen LogP contribution in [0.15, 0.2) is 18.3 Å². The van der Waals surface area contributed by atoms with Crippen LogP contribution in [0.5, 0.6) is 0 Å². The molecule has 1 rings (SSSR count). The van der Waals surface area contributed by atoms with Crippen molar-refractivity contribution in [2.45, 2.75) is 26.7 Å². The van der Waals surface area contributed by atoms with Gasteiger partial charge in [-0.25, -0.2) is 4.98 Å². The van der Waals surface area contributed by atoms with Crippen LogP contribution in [0.25, 0.3) is 0 Å². The Morgan fingerprint density at radius 3 is 2.60 bits per heavy atom. The number of carboxylic acid groups (broad SMARTS) is 1. The van der Waals surface area contributed by atoms with E-state index in [1.807, 2.05) is 13.8 Å². The molecule has 0 aliphatic heterocycles. The summed E-state index contributed by atoms with van der Waals surface area (Å²) in [6.45, 7) is 4.39. The van der Waals surface area contributed by atoms with E-state index < -0.39 is 5.97 Å². The Balaban J connectivity index is 2.55. The summed E-state index contributed by atoms with van der Waals surface area (Å²) in [4.78, 5) is 26.5. The molecule has 0 saturated heterocycles. The predicted octanol–water partition coefficient (Wildman–Crippen LogP) is 2.60. The molecular weight excluding hydrogens is 280 g/mol. The van der Waals surface area contributed by atoms with E-state index in [1.165, 1.54) is 6.20 Å². The molecule has 0 saturated carbocycles. The van der Waals surface area contributed by atoms with E-state index in [2.05, 4.69) is 10.3 Å². The number of halogens is 1. The van der Waals surface area contributed by atoms with Crippen LogP contribution in [-0.2, 0) is 4.79 Å². The number of hydrogen-bond donors (Lipinski definition) is 2. The third kappa shape index (κ3) is 6.02. The lowest BCUT2D eigenvalue weighted by molar-refractivity contribution is -0.138. The Labute approximate surface area is 123 Å². The molecule has 20 heavy (non-hydrogen) atoms. The van der Waals surface area contributed by atoms with Crippen LogP contribution in [0.1, 0.15) is 37.0 Å². The number of aliphatic carboxylic acids is 1. The molecule has 1 atom stereocenters. The number of nitrogens with one attached hydrogen (secondary N) is 1. The van der Waals surface area contributed by atoms with Gasteiger partial charge in [0.05, 0.1) is 5.56 Å². The highest BCUT2D eigenvalue weighted by atomic mass is 35.5. The fourth-order valence-corrected chi connectivity index (χ4v) is 2.11. The third-order valence-corrected chi connectivity index (χ3v) is 3.03. The quantitative estimate of drug-likeness (QED) is 0.758. The Bertz CT molecular complexity index is 460. The van der Waals surface area contributed by atoms with Crippen LogP contribution in [0, 0.1) is 11.8 Å². The number of aromatic nitrogens is 1. The number of carbonyl (C=O) groups is 2. The summed E-state index contributed by atoms with van der Waals surface area (Å²) in [7, 11) is 0. The standard InChI is InChI=1S/C14H19ClN2O3/c1-9(2)5-10(6-13(18)19)7-17-14(20)11-3-4-12(15)16-8-11/h3-4,8-10H,5-7H2,1-2H3,(H,17,20)(H,18,19). The average molecular weight is 299 g/mol. The van der Waals surface area contributed by atoms with E-state index in [9.17, 15) is 9.59 Å². The van der Waals surface area contributed by atoms with Crippen LogP contribution in [0.4, 0.5) is 0 Å². The number of nitrogens with zero attached hydrogens (tertiary/aromatic N) is 1. The van der Waals surface area contributed by atoms with Crippen LogP contribution >= 0.6 is 11.6 Å². The molecule has 1 unspecified atom stereocenters. The number of carboxylic acids is 1. The molecule has 6 heteroatoms. The lowest BCUT2D eigenvalue weighted by atomic mass is 9.94. The smallest absolute Gasteiger partial charge is 0.303 e. The monoisotopic (exact) mass is 298 g/mol. The largest absolute Gasteiger partial charge is 0.481 e. The number of hydrogen-bond acceptors (Lipinski definition) is 3. The summed E-state index contributed by atoms with van der Waals surface area (Å²) in [6, 6.07) is 3.12. The van der Waals surface area contributed by atoms with E-state index in [4.69, 9.17) is 16.7 Å². The Hall–Kier alpha value is -1.62. The minimum atomic E-state index is -0.849. The van der Waals surface area contributed by atoms with Crippen LogP contribution in [-0.4, -0.2) is 28.5 Å². The van der Waals surface area contributed by atoms with Gasteiger partial charge >= 0.3 is 5.97 Å². The van der Waals surface area contributed by atoms with Gasteiger partial charge in [0.1, 0.15) is 5.15 Å². The maximum absolute atomic E-state index is 11.9. The van der Waals surface area contributed by atoms with E-state index >= 15 is 0 Å². The van der Waals surface area contributed by atoms with Gasteiger partial charge in [-0.1, -0.05) is 25.4 Å². The first-order chi connectivity index (χ1) is 9.38. The van der Waals surface area contributed by atoms with Crippen molar-refractivity contribution in [3.63, 3.8) is 0 Å². The molecule has 0 radical (unpaired) electrons. The molecular formula is C14H19ClN2O3. The highest BCUT2D eigenvalue weighted by molar-refractivity contribution is 6.29. The number of carbonyl (C=O) groups excluding carboxylic acids is 1. The minimum absolute atomic E-state index is 0.0529. The molecule has 0 bridgehead atoms. The lowest BCUT2D eigenvalue weighted by Gasteiger charge is -2.17. The Morgan fingerprint density at radius 1 is 1.40 bits per heavy atom. The molecule has 110 valence electrons. The van der Waals surface area contributed by atoms with Gasteiger partial charge in [-0.15, -0.1) is 0 Å². The van der Waals surface area contributed by atoms with Gasteiger partial charge in [0.2, 0.25) is 0 Å². The lowest BCUT2D eigenvalue weighted by Crippen LogP contribution is -2.31. The molecule has 1 heterocycles. The molecule has 0 fully saturated rings. The number of amides is 1. The van der Waals surface area contributed by atoms with E-state index in [0.29, 0.717) is 23.2 Å². The summed E-state index contributed by atoms with van der Waals surface area (Å²) < 4.78 is 0. The second kappa shape index (κ2) is 7.85. The summed E-state index contributed by atoms with van der Waals surface area (Å²) in [5, 5.41) is 11.9. The van der Waals surface area contributed by atoms with Crippen molar-refractivity contribution < 1.29 is 14.7 Å². The van der Waals surface area contributed by atoms with Gasteiger partial charge in [-0.3, -0.25) is 9.59 Å². The zero-order valence-corrected chi connectivity index (χ0v) is 12.4. The normalized spacial score (nSPS) is 12.2. The number of pyridine rings is 1. The second-order valence-electron chi connectivity index (χ2n) is 5.17. The van der Waals surface area contributed by atoms with Crippen LogP contribution < -0.4 is 5.32 Å². The first-order valence-corrected chi connectivity index (χ1v) is 6.87. The minimum Gasteiger partial charge on any atom is -0.481 e. The fraction of sp³-hybridized carbons (Fsp3) is 0.500. The summed E-state index contributed by atoms with van der Waals surface area (Å²) >= 11 is 5.65. The molecule has 0 aromatic carbocycles. The van der Waals surface area contributed by atoms with Gasteiger partial charge in [-0.2, -0.15) is 0 Å². The third-order valence-electron chi connectivity index (χ3n) is 2.81. The second-order valence-corrected chi connectivity index (χ2v) is 5.56. The maximum Gasteiger partial charge on any atom is 0.303 e. The summed E-state index contributed by atoms with van der Waals surface area (Å²) in [5.41, 5.74) is 0.410. The Morgan fingerprint density at radius 2 is 2.10 bits per heavy atom. The predicted molar refractivity (Wildman–Crippen MR) is 76.8 cm³/mol. The maximum atomic E-state index is 11.9. The molecule has 0 spiro atoms. The average Bonchev–Trinajstić information content (AvgIpc) is 2.35. The summed E-state index contributed by atoms with van der Waals surface area (Å²) in [6.07, 6.45) is 2.20. The van der Waals surface area contributed by atoms with E-state index in [0.717, 1.165) is 6.42 Å². The van der Waals surface area contributed by atoms with Crippen LogP contribution in [0.2, 0.25) is 5.15 Å². The molecule has 0 aliphatic rings. The fourth-order valence-electron chi connectivity index (χ4n) is 2.00. The first kappa shape index (κ1) is 16.4. The van der Waals surface area contributed by atoms with Crippen molar-refractivity contribution in [2.24, 2.45) is 11.8 Å². The molecule has 0 aliphatic carbocycles. The SMILES string of the molecule is CC(C)CC(CNC(=O)c1ccc(Cl)nc1)CC(=O)O. The topological polar surface area (TPSA) is 79.3 Å². The van der Waals surface area contributed by atoms with Crippen molar-refractivity contribution in [3.8, 4) is 0 Å². The van der Waals surface area contributed by atoms with Gasteiger partial charge in [0.15, 0.2) is 0 Å². The van der Waals surface area contributed by atoms with Gasteiger partial charge < -0.3 is 10.4 Å². The van der Waals surface area contributed by atoms with Gasteiger partial charge in [0.25, 0.3) is 5.91 Å². The zero-order valence-electron chi connectivity index (χ0n) is 11.6. The van der Waals surface area contributed by atoms with Gasteiger partial charge in [0, 0.05) is 19.2 Å². The highest BCUT2D eigenvalue weighted by Gasteiger charge is 2.16. The van der Waals surface area contributed by atoms with E-state index in [-0.39, 0.29) is 18.2 Å². The molecule has 5 nitrogen and oxygen atoms in total. The first-order valence-electron chi connectivity index (χ1n) is 6.50. The molecule has 2 N–H and O–H groups in total. The summed E-state index contributed by atoms with van der Waals surface area (Å²) in [5.74, 6) is -0.809. The zero-order chi connectivity index (χ0) is 15.1. The molecule has 1 amide bonds. The van der Waals surface area contributed by atoms with Crippen molar-refractivity contribution in [2.75, 3.05) is 6.54 Å². The van der Waals surface area contributed by atoms with Crippen LogP contribution in [0.3, 0.4) is 0 Å². The Kier molecular flexibility index (Phi) is 6.45. The van der Waals surface area contributed by atoms with Crippen molar-refractivity contribution in [3.05, 3.63) is 29.0 Å². The highest BCUT2D eigenvalue weighted by Crippen LogP contribution is 2.15. The van der Waals surface area contributed by atoms with Gasteiger partial charge in [-0.05, 0) is 30.4 Å². The van der Waals surface area contributed by atoms with E-state index in [1.54, 1.807) is 12.1 Å². The van der Waals surface area contributed by atoms with Crippen molar-refractivity contribution >= 4 is 23.5 Å². The van der Waals surface area contributed by atoms with Crippen molar-refractivity contribution in [1.29, 1.82) is 0 Å².